The molecule has 1 heterocycles. The van der Waals surface area contributed by atoms with Crippen molar-refractivity contribution in [3.8, 4) is 0 Å². The lowest BCUT2D eigenvalue weighted by atomic mass is 9.49. The van der Waals surface area contributed by atoms with Crippen LogP contribution in [0.2, 0.25) is 0 Å². The lowest BCUT2D eigenvalue weighted by Gasteiger charge is -2.57. The summed E-state index contributed by atoms with van der Waals surface area (Å²) in [4.78, 5) is 14.0. The van der Waals surface area contributed by atoms with Crippen molar-refractivity contribution in [1.29, 1.82) is 0 Å². The van der Waals surface area contributed by atoms with Crippen LogP contribution in [0.3, 0.4) is 0 Å². The molecule has 4 aliphatic carbocycles. The third-order valence-electron chi connectivity index (χ3n) is 5.97. The molecule has 0 amide bonds. The van der Waals surface area contributed by atoms with Gasteiger partial charge in [0.15, 0.2) is 5.78 Å². The minimum atomic E-state index is -0.209. The Morgan fingerprint density at radius 2 is 1.67 bits per heavy atom. The molecule has 0 spiro atoms. The second kappa shape index (κ2) is 3.80. The van der Waals surface area contributed by atoms with Gasteiger partial charge in [-0.25, -0.2) is 0 Å². The summed E-state index contributed by atoms with van der Waals surface area (Å²) in [6.07, 6.45) is 8.78. The first-order chi connectivity index (χ1) is 8.62. The van der Waals surface area contributed by atoms with Crippen molar-refractivity contribution in [1.82, 2.24) is 4.90 Å². The van der Waals surface area contributed by atoms with E-state index in [0.29, 0.717) is 12.0 Å². The maximum absolute atomic E-state index is 11.6. The van der Waals surface area contributed by atoms with Gasteiger partial charge >= 0.3 is 0 Å². The van der Waals surface area contributed by atoms with Crippen molar-refractivity contribution in [3.05, 3.63) is 0 Å². The predicted octanol–water partition coefficient (Wildman–Crippen LogP) is 1.41. The average molecular weight is 248 g/mol. The molecule has 4 bridgehead atoms. The first kappa shape index (κ1) is 11.4. The van der Waals surface area contributed by atoms with Crippen molar-refractivity contribution >= 4 is 5.78 Å². The highest BCUT2D eigenvalue weighted by Gasteiger charge is 2.51. The topological polar surface area (TPSA) is 46.3 Å². The smallest absolute Gasteiger partial charge is 0.164 e. The number of rotatable bonds is 2. The third-order valence-corrected chi connectivity index (χ3v) is 5.97. The van der Waals surface area contributed by atoms with Crippen LogP contribution in [0.4, 0.5) is 0 Å². The van der Waals surface area contributed by atoms with Crippen molar-refractivity contribution in [2.24, 2.45) is 28.9 Å². The van der Waals surface area contributed by atoms with E-state index in [4.69, 9.17) is 5.73 Å². The molecular formula is C15H24N2O. The van der Waals surface area contributed by atoms with Gasteiger partial charge in [-0.1, -0.05) is 0 Å². The Bertz CT molecular complexity index is 343. The summed E-state index contributed by atoms with van der Waals surface area (Å²) in [6.45, 7) is 2.57. The summed E-state index contributed by atoms with van der Waals surface area (Å²) < 4.78 is 0. The normalized spacial score (nSPS) is 51.3. The molecule has 0 aromatic heterocycles. The summed E-state index contributed by atoms with van der Waals surface area (Å²) >= 11 is 0. The van der Waals surface area contributed by atoms with E-state index >= 15 is 0 Å². The molecular weight excluding hydrogens is 224 g/mol. The number of hydrogen-bond acceptors (Lipinski definition) is 3. The number of likely N-dealkylation sites (tertiary alicyclic amines) is 1. The predicted molar refractivity (Wildman–Crippen MR) is 70.0 cm³/mol. The Labute approximate surface area is 109 Å². The van der Waals surface area contributed by atoms with Gasteiger partial charge in [-0.05, 0) is 61.7 Å². The number of ketones is 1. The molecule has 18 heavy (non-hydrogen) atoms. The fourth-order valence-electron chi connectivity index (χ4n) is 5.86. The van der Waals surface area contributed by atoms with Gasteiger partial charge in [0.2, 0.25) is 0 Å². The summed E-state index contributed by atoms with van der Waals surface area (Å²) in [5, 5.41) is 0. The fraction of sp³-hybridized carbons (Fsp3) is 0.933. The van der Waals surface area contributed by atoms with Crippen LogP contribution < -0.4 is 5.73 Å². The van der Waals surface area contributed by atoms with E-state index in [9.17, 15) is 4.79 Å². The molecule has 2 N–H and O–H groups in total. The van der Waals surface area contributed by atoms with E-state index in [-0.39, 0.29) is 11.8 Å². The summed E-state index contributed by atoms with van der Waals surface area (Å²) in [5.41, 5.74) is 6.40. The Hall–Kier alpha value is -0.410. The highest BCUT2D eigenvalue weighted by Crippen LogP contribution is 2.60. The molecule has 1 saturated heterocycles. The summed E-state index contributed by atoms with van der Waals surface area (Å²) in [5.74, 6) is 3.26. The van der Waals surface area contributed by atoms with Crippen molar-refractivity contribution < 1.29 is 4.79 Å². The number of Topliss-reactive ketones (excluding diaryl/α,β-unsaturated/α-hetero) is 1. The fourth-order valence-corrected chi connectivity index (χ4v) is 5.86. The van der Waals surface area contributed by atoms with Crippen LogP contribution in [0.25, 0.3) is 0 Å². The molecule has 5 aliphatic rings. The number of nitrogens with zero attached hydrogens (tertiary/aromatic N) is 1. The Balaban J connectivity index is 1.49. The number of carbonyl (C=O) groups is 1. The Kier molecular flexibility index (Phi) is 2.41. The molecule has 0 aromatic carbocycles. The van der Waals surface area contributed by atoms with Gasteiger partial charge < -0.3 is 5.73 Å². The lowest BCUT2D eigenvalue weighted by Crippen LogP contribution is -2.51. The second-order valence-electron chi connectivity index (χ2n) is 7.66. The van der Waals surface area contributed by atoms with Gasteiger partial charge in [0, 0.05) is 13.1 Å². The van der Waals surface area contributed by atoms with E-state index in [1.807, 2.05) is 0 Å². The SMILES string of the molecule is NC1CN(CC23CC4CC(CC(C4)C2)C3)CC1=O. The standard InChI is InChI=1S/C15H24N2O/c16-13-7-17(8-14(13)18)9-15-4-10-1-11(5-15)3-12(2-10)6-15/h10-13H,1-9,16H2. The zero-order valence-electron chi connectivity index (χ0n) is 11.1. The van der Waals surface area contributed by atoms with Crippen LogP contribution in [0.5, 0.6) is 0 Å². The molecule has 5 rings (SSSR count). The van der Waals surface area contributed by atoms with Crippen LogP contribution in [0.15, 0.2) is 0 Å². The molecule has 1 atom stereocenters. The largest absolute Gasteiger partial charge is 0.320 e. The lowest BCUT2D eigenvalue weighted by molar-refractivity contribution is -0.118. The minimum Gasteiger partial charge on any atom is -0.320 e. The first-order valence-electron chi connectivity index (χ1n) is 7.63. The molecule has 0 aromatic rings. The first-order valence-corrected chi connectivity index (χ1v) is 7.63. The highest BCUT2D eigenvalue weighted by atomic mass is 16.1. The van der Waals surface area contributed by atoms with Crippen molar-refractivity contribution in [2.45, 2.75) is 44.6 Å². The Morgan fingerprint density at radius 3 is 2.11 bits per heavy atom. The van der Waals surface area contributed by atoms with Gasteiger partial charge in [-0.15, -0.1) is 0 Å². The third kappa shape index (κ3) is 1.75. The van der Waals surface area contributed by atoms with E-state index in [2.05, 4.69) is 4.90 Å². The van der Waals surface area contributed by atoms with E-state index < -0.39 is 0 Å². The highest BCUT2D eigenvalue weighted by molar-refractivity contribution is 5.87. The maximum atomic E-state index is 11.6. The molecule has 5 fully saturated rings. The molecule has 0 radical (unpaired) electrons. The van der Waals surface area contributed by atoms with E-state index in [0.717, 1.165) is 30.8 Å². The summed E-state index contributed by atoms with van der Waals surface area (Å²) in [7, 11) is 0. The minimum absolute atomic E-state index is 0.209. The number of carbonyl (C=O) groups excluding carboxylic acids is 1. The monoisotopic (exact) mass is 248 g/mol. The molecule has 4 saturated carbocycles. The Morgan fingerprint density at radius 1 is 1.11 bits per heavy atom. The molecule has 1 unspecified atom stereocenters. The number of nitrogens with two attached hydrogens (primary N) is 1. The van der Waals surface area contributed by atoms with Crippen molar-refractivity contribution in [2.75, 3.05) is 19.6 Å². The van der Waals surface area contributed by atoms with Gasteiger partial charge in [-0.3, -0.25) is 9.69 Å². The molecule has 3 nitrogen and oxygen atoms in total. The van der Waals surface area contributed by atoms with Gasteiger partial charge in [-0.2, -0.15) is 0 Å². The van der Waals surface area contributed by atoms with Crippen LogP contribution in [-0.2, 0) is 4.79 Å². The van der Waals surface area contributed by atoms with E-state index in [1.54, 1.807) is 0 Å². The summed E-state index contributed by atoms with van der Waals surface area (Å²) in [6, 6.07) is -0.209. The molecule has 3 heteroatoms. The maximum Gasteiger partial charge on any atom is 0.164 e. The van der Waals surface area contributed by atoms with Gasteiger partial charge in [0.25, 0.3) is 0 Å². The van der Waals surface area contributed by atoms with Crippen molar-refractivity contribution in [3.63, 3.8) is 0 Å². The van der Waals surface area contributed by atoms with Crippen LogP contribution in [0, 0.1) is 23.2 Å². The quantitative estimate of drug-likeness (QED) is 0.804. The molecule has 1 aliphatic heterocycles. The van der Waals surface area contributed by atoms with Crippen LogP contribution in [0.1, 0.15) is 38.5 Å². The van der Waals surface area contributed by atoms with Crippen LogP contribution >= 0.6 is 0 Å². The van der Waals surface area contributed by atoms with Gasteiger partial charge in [0.05, 0.1) is 12.6 Å². The molecule has 100 valence electrons. The average Bonchev–Trinajstić information content (AvgIpc) is 2.54. The number of hydrogen-bond donors (Lipinski definition) is 1. The second-order valence-corrected chi connectivity index (χ2v) is 7.66. The van der Waals surface area contributed by atoms with E-state index in [1.165, 1.54) is 38.5 Å². The zero-order chi connectivity index (χ0) is 12.3. The zero-order valence-corrected chi connectivity index (χ0v) is 11.1. The van der Waals surface area contributed by atoms with Gasteiger partial charge in [0.1, 0.15) is 0 Å². The van der Waals surface area contributed by atoms with Crippen LogP contribution in [-0.4, -0.2) is 36.4 Å².